The van der Waals surface area contributed by atoms with Crippen molar-refractivity contribution in [1.82, 2.24) is 9.80 Å². The molecule has 32 heavy (non-hydrogen) atoms. The fraction of sp³-hybridized carbons (Fsp3) is 0.333. The summed E-state index contributed by atoms with van der Waals surface area (Å²) in [6.45, 7) is 6.51. The number of likely N-dealkylation sites (N-methyl/N-ethyl adjacent to an activating group) is 1. The fourth-order valence-electron chi connectivity index (χ4n) is 4.12. The lowest BCUT2D eigenvalue weighted by molar-refractivity contribution is -0.140. The maximum atomic E-state index is 14.1. The monoisotopic (exact) mass is 440 g/mol. The van der Waals surface area contributed by atoms with Crippen molar-refractivity contribution >= 4 is 17.4 Å². The number of carbonyl (C=O) groups is 2. The van der Waals surface area contributed by atoms with Crippen LogP contribution in [-0.4, -0.2) is 59.6 Å². The summed E-state index contributed by atoms with van der Waals surface area (Å²) < 4.78 is 24.7. The van der Waals surface area contributed by atoms with Gasteiger partial charge in [-0.1, -0.05) is 26.0 Å². The van der Waals surface area contributed by atoms with Crippen molar-refractivity contribution in [3.8, 4) is 11.5 Å². The first-order valence-electron chi connectivity index (χ1n) is 10.6. The Hall–Kier alpha value is -3.39. The summed E-state index contributed by atoms with van der Waals surface area (Å²) in [7, 11) is 0. The van der Waals surface area contributed by atoms with E-state index in [0.29, 0.717) is 29.2 Å². The molecule has 168 valence electrons. The smallest absolute Gasteiger partial charge is 0.295 e. The average molecular weight is 440 g/mol. The number of nitrogens with zero attached hydrogens (tertiary/aromatic N) is 2. The minimum absolute atomic E-state index is 0.0680. The van der Waals surface area contributed by atoms with Gasteiger partial charge in [-0.15, -0.1) is 0 Å². The highest BCUT2D eigenvalue weighted by Gasteiger charge is 2.46. The predicted molar refractivity (Wildman–Crippen MR) is 116 cm³/mol. The van der Waals surface area contributed by atoms with Crippen molar-refractivity contribution in [1.29, 1.82) is 0 Å². The van der Waals surface area contributed by atoms with Crippen molar-refractivity contribution in [2.24, 2.45) is 0 Å². The van der Waals surface area contributed by atoms with Gasteiger partial charge >= 0.3 is 0 Å². The fourth-order valence-corrected chi connectivity index (χ4v) is 4.12. The summed E-state index contributed by atoms with van der Waals surface area (Å²) in [5, 5.41) is 11.1. The molecule has 7 nitrogen and oxygen atoms in total. The molecular weight excluding hydrogens is 415 g/mol. The minimum Gasteiger partial charge on any atom is -0.507 e. The van der Waals surface area contributed by atoms with Gasteiger partial charge in [0.25, 0.3) is 11.7 Å². The maximum Gasteiger partial charge on any atom is 0.295 e. The van der Waals surface area contributed by atoms with Gasteiger partial charge in [0, 0.05) is 18.7 Å². The maximum absolute atomic E-state index is 14.1. The Labute approximate surface area is 185 Å². The molecule has 8 heteroatoms. The molecule has 0 bridgehead atoms. The SMILES string of the molecule is CCN(CC)CCN1C(=O)C(=O)C(=C(O)c2ccc3c(c2)OCO3)[C@@H]1c1cccc(F)c1. The standard InChI is InChI=1S/C24H25FN2O5/c1-3-26(4-2)10-11-27-21(15-6-5-7-17(25)12-15)20(23(29)24(27)30)22(28)16-8-9-18-19(13-16)32-14-31-18/h5-9,12-13,21,28H,3-4,10-11,14H2,1-2H3/t21-/m0/s1. The number of ketones is 1. The molecule has 1 amide bonds. The van der Waals surface area contributed by atoms with Crippen LogP contribution in [0.2, 0.25) is 0 Å². The number of rotatable bonds is 7. The second-order valence-corrected chi connectivity index (χ2v) is 7.64. The van der Waals surface area contributed by atoms with Crippen LogP contribution in [0.5, 0.6) is 11.5 Å². The van der Waals surface area contributed by atoms with Gasteiger partial charge in [-0.05, 0) is 49.0 Å². The number of hydrogen-bond acceptors (Lipinski definition) is 6. The van der Waals surface area contributed by atoms with E-state index in [1.807, 2.05) is 13.8 Å². The molecule has 2 heterocycles. The Bertz CT molecular complexity index is 1080. The molecule has 1 fully saturated rings. The van der Waals surface area contributed by atoms with Crippen molar-refractivity contribution in [2.75, 3.05) is 33.0 Å². The van der Waals surface area contributed by atoms with E-state index in [0.717, 1.165) is 13.1 Å². The van der Waals surface area contributed by atoms with E-state index >= 15 is 0 Å². The molecule has 0 spiro atoms. The highest BCUT2D eigenvalue weighted by molar-refractivity contribution is 6.46. The zero-order valence-electron chi connectivity index (χ0n) is 18.0. The third-order valence-electron chi connectivity index (χ3n) is 5.90. The molecule has 0 saturated carbocycles. The van der Waals surface area contributed by atoms with Crippen LogP contribution in [-0.2, 0) is 9.59 Å². The van der Waals surface area contributed by atoms with Crippen molar-refractivity contribution in [3.63, 3.8) is 0 Å². The lowest BCUT2D eigenvalue weighted by Gasteiger charge is -2.28. The number of benzene rings is 2. The van der Waals surface area contributed by atoms with E-state index in [9.17, 15) is 19.1 Å². The summed E-state index contributed by atoms with van der Waals surface area (Å²) >= 11 is 0. The van der Waals surface area contributed by atoms with Crippen LogP contribution in [0.15, 0.2) is 48.0 Å². The third kappa shape index (κ3) is 3.93. The van der Waals surface area contributed by atoms with E-state index in [2.05, 4.69) is 4.90 Å². The first-order valence-corrected chi connectivity index (χ1v) is 10.6. The van der Waals surface area contributed by atoms with Gasteiger partial charge in [-0.25, -0.2) is 4.39 Å². The molecule has 1 N–H and O–H groups in total. The van der Waals surface area contributed by atoms with Gasteiger partial charge in [0.1, 0.15) is 11.6 Å². The summed E-state index contributed by atoms with van der Waals surface area (Å²) in [5.74, 6) is -1.36. The number of aliphatic hydroxyl groups excluding tert-OH is 1. The van der Waals surface area contributed by atoms with Gasteiger partial charge < -0.3 is 24.4 Å². The van der Waals surface area contributed by atoms with Gasteiger partial charge in [-0.3, -0.25) is 9.59 Å². The number of likely N-dealkylation sites (tertiary alicyclic amines) is 1. The highest BCUT2D eigenvalue weighted by Crippen LogP contribution is 2.41. The number of ether oxygens (including phenoxy) is 2. The van der Waals surface area contributed by atoms with Crippen molar-refractivity contribution in [3.05, 3.63) is 65.0 Å². The first-order chi connectivity index (χ1) is 15.4. The third-order valence-corrected chi connectivity index (χ3v) is 5.90. The molecule has 4 rings (SSSR count). The molecule has 2 aromatic carbocycles. The Morgan fingerprint density at radius 1 is 1.12 bits per heavy atom. The van der Waals surface area contributed by atoms with Crippen LogP contribution in [0.1, 0.15) is 31.0 Å². The lowest BCUT2D eigenvalue weighted by Crippen LogP contribution is -2.38. The second-order valence-electron chi connectivity index (χ2n) is 7.64. The number of fused-ring (bicyclic) bond motifs is 1. The Morgan fingerprint density at radius 3 is 2.59 bits per heavy atom. The Kier molecular flexibility index (Phi) is 6.14. The van der Waals surface area contributed by atoms with Gasteiger partial charge in [-0.2, -0.15) is 0 Å². The number of aliphatic hydroxyl groups is 1. The molecule has 1 atom stereocenters. The quantitative estimate of drug-likeness (QED) is 0.404. The highest BCUT2D eigenvalue weighted by atomic mass is 19.1. The van der Waals surface area contributed by atoms with Crippen molar-refractivity contribution < 1.29 is 28.6 Å². The topological polar surface area (TPSA) is 79.3 Å². The largest absolute Gasteiger partial charge is 0.507 e. The van der Waals surface area contributed by atoms with E-state index in [-0.39, 0.29) is 24.7 Å². The van der Waals surface area contributed by atoms with Gasteiger partial charge in [0.15, 0.2) is 11.5 Å². The molecule has 0 aromatic heterocycles. The zero-order valence-corrected chi connectivity index (χ0v) is 18.0. The van der Waals surface area contributed by atoms with Gasteiger partial charge in [0.05, 0.1) is 11.6 Å². The average Bonchev–Trinajstić information content (AvgIpc) is 3.36. The van der Waals surface area contributed by atoms with Crippen LogP contribution in [0.25, 0.3) is 5.76 Å². The van der Waals surface area contributed by atoms with E-state index in [1.54, 1.807) is 24.3 Å². The van der Waals surface area contributed by atoms with Crippen molar-refractivity contribution in [2.45, 2.75) is 19.9 Å². The number of carbonyl (C=O) groups excluding carboxylic acids is 2. The first kappa shape index (κ1) is 21.8. The van der Waals surface area contributed by atoms with E-state index in [4.69, 9.17) is 9.47 Å². The summed E-state index contributed by atoms with van der Waals surface area (Å²) in [6, 6.07) is 9.64. The Balaban J connectivity index is 1.79. The molecule has 2 aliphatic heterocycles. The van der Waals surface area contributed by atoms with Gasteiger partial charge in [0.2, 0.25) is 6.79 Å². The molecule has 2 aliphatic rings. The molecular formula is C24H25FN2O5. The van der Waals surface area contributed by atoms with E-state index in [1.165, 1.54) is 23.1 Å². The second kappa shape index (κ2) is 9.00. The van der Waals surface area contributed by atoms with Crippen LogP contribution in [0, 0.1) is 5.82 Å². The van der Waals surface area contributed by atoms with Crippen LogP contribution in [0.4, 0.5) is 4.39 Å². The van der Waals surface area contributed by atoms with Crippen LogP contribution < -0.4 is 9.47 Å². The molecule has 0 unspecified atom stereocenters. The normalized spacial score (nSPS) is 19.2. The molecule has 0 radical (unpaired) electrons. The number of Topliss-reactive ketones (excluding diaryl/α,β-unsaturated/α-hetero) is 1. The molecule has 2 aromatic rings. The van der Waals surface area contributed by atoms with E-state index < -0.39 is 23.5 Å². The van der Waals surface area contributed by atoms with Crippen LogP contribution in [0.3, 0.4) is 0 Å². The molecule has 0 aliphatic carbocycles. The summed E-state index contributed by atoms with van der Waals surface area (Å²) in [6.07, 6.45) is 0. The summed E-state index contributed by atoms with van der Waals surface area (Å²) in [5.41, 5.74) is 0.669. The lowest BCUT2D eigenvalue weighted by atomic mass is 9.95. The zero-order chi connectivity index (χ0) is 22.8. The Morgan fingerprint density at radius 2 is 1.88 bits per heavy atom. The number of amides is 1. The summed E-state index contributed by atoms with van der Waals surface area (Å²) in [4.78, 5) is 29.6. The van der Waals surface area contributed by atoms with Crippen LogP contribution >= 0.6 is 0 Å². The molecule has 1 saturated heterocycles. The minimum atomic E-state index is -0.897. The number of halogens is 1. The predicted octanol–water partition coefficient (Wildman–Crippen LogP) is 3.32. The number of hydrogen-bond donors (Lipinski definition) is 1.